The van der Waals surface area contributed by atoms with Crippen LogP contribution >= 0.6 is 0 Å². The molecule has 1 aromatic carbocycles. The summed E-state index contributed by atoms with van der Waals surface area (Å²) in [5.41, 5.74) is 0.532. The van der Waals surface area contributed by atoms with E-state index in [1.807, 2.05) is 0 Å². The van der Waals surface area contributed by atoms with E-state index in [1.165, 1.54) is 0 Å². The fourth-order valence-electron chi connectivity index (χ4n) is 1.30. The summed E-state index contributed by atoms with van der Waals surface area (Å²) in [6.45, 7) is 8.68. The van der Waals surface area contributed by atoms with Gasteiger partial charge in [0, 0.05) is 5.57 Å². The fraction of sp³-hybridized carbons (Fsp3) is 0.286. The highest BCUT2D eigenvalue weighted by Crippen LogP contribution is 2.26. The van der Waals surface area contributed by atoms with Crippen LogP contribution in [0.15, 0.2) is 41.4 Å². The van der Waals surface area contributed by atoms with Gasteiger partial charge >= 0.3 is 5.97 Å². The van der Waals surface area contributed by atoms with E-state index >= 15 is 0 Å². The maximum atomic E-state index is 11.3. The molecule has 4 nitrogen and oxygen atoms in total. The van der Waals surface area contributed by atoms with E-state index in [0.717, 1.165) is 5.56 Å². The van der Waals surface area contributed by atoms with Crippen LogP contribution in [-0.2, 0) is 15.1 Å². The van der Waals surface area contributed by atoms with Crippen molar-refractivity contribution in [3.8, 4) is 5.75 Å². The van der Waals surface area contributed by atoms with Gasteiger partial charge in [0.05, 0.1) is 5.54 Å². The molecule has 0 aliphatic heterocycles. The van der Waals surface area contributed by atoms with Gasteiger partial charge in [-0.25, -0.2) is 9.59 Å². The molecule has 1 aromatic rings. The zero-order chi connectivity index (χ0) is 13.8. The molecule has 0 aliphatic carbocycles. The predicted molar refractivity (Wildman–Crippen MR) is 68.0 cm³/mol. The number of carbonyl (C=O) groups is 1. The van der Waals surface area contributed by atoms with Crippen LogP contribution in [-0.4, -0.2) is 12.0 Å². The van der Waals surface area contributed by atoms with Crippen LogP contribution in [0, 0.1) is 0 Å². The predicted octanol–water partition coefficient (Wildman–Crippen LogP) is 2.74. The third-order valence-corrected chi connectivity index (χ3v) is 2.44. The van der Waals surface area contributed by atoms with E-state index in [1.54, 1.807) is 51.1 Å². The van der Waals surface area contributed by atoms with Crippen LogP contribution in [0.1, 0.15) is 26.3 Å². The first-order valence-corrected chi connectivity index (χ1v) is 5.44. The molecular formula is C14H15NO3. The number of carbonyl (C=O) groups excluding carboxylic acids is 2. The molecule has 0 aromatic heterocycles. The average Bonchev–Trinajstić information content (AvgIpc) is 2.29. The summed E-state index contributed by atoms with van der Waals surface area (Å²) in [5, 5.41) is 0. The summed E-state index contributed by atoms with van der Waals surface area (Å²) in [4.78, 5) is 25.3. The Kier molecular flexibility index (Phi) is 4.18. The van der Waals surface area contributed by atoms with Gasteiger partial charge in [0.2, 0.25) is 6.08 Å². The van der Waals surface area contributed by atoms with E-state index in [0.29, 0.717) is 11.3 Å². The van der Waals surface area contributed by atoms with Crippen molar-refractivity contribution in [2.24, 2.45) is 4.99 Å². The van der Waals surface area contributed by atoms with E-state index < -0.39 is 11.5 Å². The Labute approximate surface area is 106 Å². The molecule has 0 heterocycles. The standard InChI is InChI=1S/C14H15NO3/c1-10(2)13(17)18-12-7-5-11(6-8-12)14(3,4)15-9-16/h5-8H,1H2,2-4H3. The highest BCUT2D eigenvalue weighted by Gasteiger charge is 2.19. The van der Waals surface area contributed by atoms with Crippen molar-refractivity contribution in [1.29, 1.82) is 0 Å². The van der Waals surface area contributed by atoms with Crippen molar-refractivity contribution in [2.75, 3.05) is 0 Å². The van der Waals surface area contributed by atoms with Crippen LogP contribution in [0.25, 0.3) is 0 Å². The van der Waals surface area contributed by atoms with Crippen molar-refractivity contribution < 1.29 is 14.3 Å². The lowest BCUT2D eigenvalue weighted by molar-refractivity contribution is -0.130. The maximum Gasteiger partial charge on any atom is 0.338 e. The number of rotatable bonds is 4. The Morgan fingerprint density at radius 3 is 2.33 bits per heavy atom. The van der Waals surface area contributed by atoms with E-state index in [9.17, 15) is 9.59 Å². The van der Waals surface area contributed by atoms with Gasteiger partial charge in [-0.2, -0.15) is 4.99 Å². The van der Waals surface area contributed by atoms with E-state index in [-0.39, 0.29) is 0 Å². The second-order valence-corrected chi connectivity index (χ2v) is 4.46. The minimum Gasteiger partial charge on any atom is -0.423 e. The first-order chi connectivity index (χ1) is 8.36. The Hall–Kier alpha value is -2.19. The van der Waals surface area contributed by atoms with Crippen LogP contribution < -0.4 is 4.74 Å². The number of hydrogen-bond acceptors (Lipinski definition) is 4. The summed E-state index contributed by atoms with van der Waals surface area (Å²) in [5.74, 6) is -0.0365. The molecule has 0 unspecified atom stereocenters. The Bertz CT molecular complexity index is 508. The molecule has 0 fully saturated rings. The molecule has 0 bridgehead atoms. The highest BCUT2D eigenvalue weighted by molar-refractivity contribution is 5.88. The zero-order valence-electron chi connectivity index (χ0n) is 10.7. The van der Waals surface area contributed by atoms with Crippen LogP contribution in [0.2, 0.25) is 0 Å². The summed E-state index contributed by atoms with van der Waals surface area (Å²) in [6.07, 6.45) is 1.55. The minimum atomic E-state index is -0.640. The summed E-state index contributed by atoms with van der Waals surface area (Å²) < 4.78 is 5.06. The van der Waals surface area contributed by atoms with Gasteiger partial charge in [0.1, 0.15) is 5.75 Å². The number of nitrogens with zero attached hydrogens (tertiary/aromatic N) is 1. The summed E-state index contributed by atoms with van der Waals surface area (Å²) >= 11 is 0. The first kappa shape index (κ1) is 13.9. The van der Waals surface area contributed by atoms with Crippen LogP contribution in [0.5, 0.6) is 5.75 Å². The molecule has 0 radical (unpaired) electrons. The SMILES string of the molecule is C=C(C)C(=O)Oc1ccc(C(C)(C)N=C=O)cc1. The second-order valence-electron chi connectivity index (χ2n) is 4.46. The van der Waals surface area contributed by atoms with Crippen molar-refractivity contribution in [2.45, 2.75) is 26.3 Å². The minimum absolute atomic E-state index is 0.338. The molecule has 94 valence electrons. The van der Waals surface area contributed by atoms with E-state index in [4.69, 9.17) is 4.74 Å². The molecule has 0 atom stereocenters. The Morgan fingerprint density at radius 1 is 1.33 bits per heavy atom. The topological polar surface area (TPSA) is 55.7 Å². The highest BCUT2D eigenvalue weighted by atomic mass is 16.5. The summed E-state index contributed by atoms with van der Waals surface area (Å²) in [6, 6.07) is 6.81. The van der Waals surface area contributed by atoms with Gasteiger partial charge in [-0.3, -0.25) is 0 Å². The second kappa shape index (κ2) is 5.43. The van der Waals surface area contributed by atoms with Crippen LogP contribution in [0.3, 0.4) is 0 Å². The molecule has 0 aliphatic rings. The number of benzene rings is 1. The third kappa shape index (κ3) is 3.40. The van der Waals surface area contributed by atoms with Gasteiger partial charge in [0.15, 0.2) is 0 Å². The molecule has 0 N–H and O–H groups in total. The summed E-state index contributed by atoms with van der Waals surface area (Å²) in [7, 11) is 0. The monoisotopic (exact) mass is 245 g/mol. The fourth-order valence-corrected chi connectivity index (χ4v) is 1.30. The van der Waals surface area contributed by atoms with E-state index in [2.05, 4.69) is 11.6 Å². The molecule has 0 saturated heterocycles. The first-order valence-electron chi connectivity index (χ1n) is 5.44. The van der Waals surface area contributed by atoms with Gasteiger partial charge in [-0.15, -0.1) is 0 Å². The molecule has 18 heavy (non-hydrogen) atoms. The zero-order valence-corrected chi connectivity index (χ0v) is 10.7. The lowest BCUT2D eigenvalue weighted by atomic mass is 9.95. The molecule has 0 amide bonds. The molecule has 0 saturated carbocycles. The normalized spacial score (nSPS) is 10.4. The molecule has 0 spiro atoms. The number of aliphatic imine (C=N–C) groups is 1. The average molecular weight is 245 g/mol. The molecule has 1 rings (SSSR count). The van der Waals surface area contributed by atoms with Crippen molar-refractivity contribution in [1.82, 2.24) is 0 Å². The van der Waals surface area contributed by atoms with Crippen molar-refractivity contribution in [3.05, 3.63) is 42.0 Å². The van der Waals surface area contributed by atoms with Crippen molar-refractivity contribution in [3.63, 3.8) is 0 Å². The van der Waals surface area contributed by atoms with Gasteiger partial charge in [0.25, 0.3) is 0 Å². The lowest BCUT2D eigenvalue weighted by Crippen LogP contribution is -2.13. The van der Waals surface area contributed by atoms with Crippen molar-refractivity contribution >= 4 is 12.0 Å². The molecule has 4 heteroatoms. The number of hydrogen-bond donors (Lipinski definition) is 0. The third-order valence-electron chi connectivity index (χ3n) is 2.44. The molecular weight excluding hydrogens is 230 g/mol. The number of ether oxygens (including phenoxy) is 1. The Balaban J connectivity index is 2.90. The van der Waals surface area contributed by atoms with Gasteiger partial charge < -0.3 is 4.74 Å². The largest absolute Gasteiger partial charge is 0.423 e. The smallest absolute Gasteiger partial charge is 0.338 e. The van der Waals surface area contributed by atoms with Crippen LogP contribution in [0.4, 0.5) is 0 Å². The van der Waals surface area contributed by atoms with Gasteiger partial charge in [-0.1, -0.05) is 18.7 Å². The maximum absolute atomic E-state index is 11.3. The Morgan fingerprint density at radius 2 is 1.89 bits per heavy atom. The number of isocyanates is 1. The quantitative estimate of drug-likeness (QED) is 0.269. The lowest BCUT2D eigenvalue weighted by Gasteiger charge is -2.17. The van der Waals surface area contributed by atoms with Gasteiger partial charge in [-0.05, 0) is 38.5 Å². The number of esters is 1.